The van der Waals surface area contributed by atoms with Gasteiger partial charge < -0.3 is 9.64 Å². The van der Waals surface area contributed by atoms with E-state index in [0.717, 1.165) is 11.1 Å². The van der Waals surface area contributed by atoms with E-state index < -0.39 is 0 Å². The van der Waals surface area contributed by atoms with Crippen LogP contribution >= 0.6 is 11.6 Å². The first kappa shape index (κ1) is 16.5. The lowest BCUT2D eigenvalue weighted by molar-refractivity contribution is 0.198. The monoisotopic (exact) mass is 317 g/mol. The Hall–Kier alpha value is -1.91. The van der Waals surface area contributed by atoms with Gasteiger partial charge in [0.2, 0.25) is 0 Å². The number of rotatable bonds is 6. The molecule has 0 saturated heterocycles. The van der Waals surface area contributed by atoms with Crippen molar-refractivity contribution in [1.82, 2.24) is 14.9 Å². The Balaban J connectivity index is 2.08. The molecule has 1 atom stereocenters. The summed E-state index contributed by atoms with van der Waals surface area (Å²) < 4.78 is 5.77. The lowest BCUT2D eigenvalue weighted by atomic mass is 10.2. The molecule has 0 spiro atoms. The molecule has 2 aromatic rings. The molecule has 22 heavy (non-hydrogen) atoms. The maximum absolute atomic E-state index is 6.14. The summed E-state index contributed by atoms with van der Waals surface area (Å²) in [5, 5.41) is 0.457. The van der Waals surface area contributed by atoms with Crippen LogP contribution in [0.4, 0.5) is 0 Å². The van der Waals surface area contributed by atoms with Gasteiger partial charge >= 0.3 is 0 Å². The van der Waals surface area contributed by atoms with E-state index in [4.69, 9.17) is 16.3 Å². The molecule has 0 fully saturated rings. The second kappa shape index (κ2) is 7.92. The SMILES string of the molecule is C[C@@H](COc1cnc(Cl)c(/C=C/c2ccncc2)c1)N(C)C. The summed E-state index contributed by atoms with van der Waals surface area (Å²) in [5.74, 6) is 0.715. The van der Waals surface area contributed by atoms with Gasteiger partial charge in [-0.05, 0) is 44.8 Å². The van der Waals surface area contributed by atoms with Gasteiger partial charge in [0, 0.05) is 24.0 Å². The van der Waals surface area contributed by atoms with Crippen LogP contribution < -0.4 is 4.74 Å². The first-order valence-electron chi connectivity index (χ1n) is 7.09. The molecule has 116 valence electrons. The number of halogens is 1. The first-order valence-corrected chi connectivity index (χ1v) is 7.47. The van der Waals surface area contributed by atoms with Crippen LogP contribution in [0, 0.1) is 0 Å². The minimum absolute atomic E-state index is 0.325. The molecule has 4 nitrogen and oxygen atoms in total. The average Bonchev–Trinajstić information content (AvgIpc) is 2.53. The molecule has 2 aromatic heterocycles. The molecular weight excluding hydrogens is 298 g/mol. The summed E-state index contributed by atoms with van der Waals surface area (Å²) >= 11 is 6.14. The minimum Gasteiger partial charge on any atom is -0.490 e. The molecule has 0 unspecified atom stereocenters. The van der Waals surface area contributed by atoms with Crippen molar-refractivity contribution in [2.45, 2.75) is 13.0 Å². The Bertz CT molecular complexity index is 629. The van der Waals surface area contributed by atoms with Gasteiger partial charge in [-0.2, -0.15) is 0 Å². The molecule has 0 N–H and O–H groups in total. The number of aromatic nitrogens is 2. The number of pyridine rings is 2. The van der Waals surface area contributed by atoms with Crippen molar-refractivity contribution in [3.63, 3.8) is 0 Å². The third-order valence-electron chi connectivity index (χ3n) is 3.38. The Kier molecular flexibility index (Phi) is 5.92. The third kappa shape index (κ3) is 4.83. The standard InChI is InChI=1S/C17H20ClN3O/c1-13(21(2)3)12-22-16-10-15(17(18)20-11-16)5-4-14-6-8-19-9-7-14/h4-11,13H,12H2,1-3H3/b5-4+/t13-/m0/s1. The van der Waals surface area contributed by atoms with Crippen LogP contribution in [0.3, 0.4) is 0 Å². The van der Waals surface area contributed by atoms with E-state index in [1.165, 1.54) is 0 Å². The molecule has 0 radical (unpaired) electrons. The maximum Gasteiger partial charge on any atom is 0.138 e. The molecule has 5 heteroatoms. The second-order valence-corrected chi connectivity index (χ2v) is 5.65. The van der Waals surface area contributed by atoms with Crippen molar-refractivity contribution < 1.29 is 4.74 Å². The maximum atomic E-state index is 6.14. The summed E-state index contributed by atoms with van der Waals surface area (Å²) in [4.78, 5) is 10.3. The van der Waals surface area contributed by atoms with Gasteiger partial charge in [0.15, 0.2) is 0 Å². The summed E-state index contributed by atoms with van der Waals surface area (Å²) in [5.41, 5.74) is 1.88. The van der Waals surface area contributed by atoms with Crippen LogP contribution in [-0.2, 0) is 0 Å². The molecule has 0 aliphatic heterocycles. The van der Waals surface area contributed by atoms with Crippen LogP contribution in [0.1, 0.15) is 18.1 Å². The fourth-order valence-electron chi connectivity index (χ4n) is 1.67. The molecule has 2 rings (SSSR count). The molecule has 0 aliphatic carbocycles. The van der Waals surface area contributed by atoms with Gasteiger partial charge in [-0.1, -0.05) is 23.8 Å². The zero-order valence-electron chi connectivity index (χ0n) is 13.0. The smallest absolute Gasteiger partial charge is 0.138 e. The molecule has 0 saturated carbocycles. The lowest BCUT2D eigenvalue weighted by Crippen LogP contribution is -2.30. The second-order valence-electron chi connectivity index (χ2n) is 5.29. The van der Waals surface area contributed by atoms with Crippen LogP contribution in [-0.4, -0.2) is 41.6 Å². The van der Waals surface area contributed by atoms with Crippen molar-refractivity contribution in [3.05, 3.63) is 53.1 Å². The molecular formula is C17H20ClN3O. The zero-order valence-corrected chi connectivity index (χ0v) is 13.8. The number of likely N-dealkylation sites (N-methyl/N-ethyl adjacent to an activating group) is 1. The van der Waals surface area contributed by atoms with Gasteiger partial charge in [0.05, 0.1) is 6.20 Å². The number of hydrogen-bond acceptors (Lipinski definition) is 4. The Morgan fingerprint density at radius 2 is 2.00 bits per heavy atom. The average molecular weight is 318 g/mol. The normalized spacial score (nSPS) is 12.8. The molecule has 0 amide bonds. The Morgan fingerprint density at radius 1 is 1.27 bits per heavy atom. The van der Waals surface area contributed by atoms with Gasteiger partial charge in [0.1, 0.15) is 17.5 Å². The zero-order chi connectivity index (χ0) is 15.9. The summed E-state index contributed by atoms with van der Waals surface area (Å²) in [7, 11) is 4.05. The molecule has 0 aliphatic rings. The first-order chi connectivity index (χ1) is 10.6. The fourth-order valence-corrected chi connectivity index (χ4v) is 1.83. The number of ether oxygens (including phenoxy) is 1. The van der Waals surface area contributed by atoms with E-state index in [1.54, 1.807) is 18.6 Å². The van der Waals surface area contributed by atoms with Crippen molar-refractivity contribution in [1.29, 1.82) is 0 Å². The predicted molar refractivity (Wildman–Crippen MR) is 91.1 cm³/mol. The fraction of sp³-hybridized carbons (Fsp3) is 0.294. The topological polar surface area (TPSA) is 38.3 Å². The Morgan fingerprint density at radius 3 is 2.68 bits per heavy atom. The largest absolute Gasteiger partial charge is 0.490 e. The van der Waals surface area contributed by atoms with E-state index in [0.29, 0.717) is 23.6 Å². The highest BCUT2D eigenvalue weighted by molar-refractivity contribution is 6.31. The van der Waals surface area contributed by atoms with Crippen LogP contribution in [0.15, 0.2) is 36.8 Å². The summed E-state index contributed by atoms with van der Waals surface area (Å²) in [6, 6.07) is 6.08. The predicted octanol–water partition coefficient (Wildman–Crippen LogP) is 3.63. The minimum atomic E-state index is 0.325. The Labute approximate surface area is 136 Å². The van der Waals surface area contributed by atoms with E-state index in [2.05, 4.69) is 21.8 Å². The van der Waals surface area contributed by atoms with E-state index >= 15 is 0 Å². The van der Waals surface area contributed by atoms with Gasteiger partial charge in [-0.15, -0.1) is 0 Å². The highest BCUT2D eigenvalue weighted by atomic mass is 35.5. The summed E-state index contributed by atoms with van der Waals surface area (Å²) in [6.07, 6.45) is 9.04. The van der Waals surface area contributed by atoms with Crippen molar-refractivity contribution in [2.75, 3.05) is 20.7 Å². The highest BCUT2D eigenvalue weighted by Gasteiger charge is 2.07. The van der Waals surface area contributed by atoms with Crippen molar-refractivity contribution in [3.8, 4) is 5.75 Å². The van der Waals surface area contributed by atoms with Crippen LogP contribution in [0.25, 0.3) is 12.2 Å². The lowest BCUT2D eigenvalue weighted by Gasteiger charge is -2.19. The van der Waals surface area contributed by atoms with E-state index in [1.807, 2.05) is 44.4 Å². The van der Waals surface area contributed by atoms with E-state index in [9.17, 15) is 0 Å². The third-order valence-corrected chi connectivity index (χ3v) is 3.69. The highest BCUT2D eigenvalue weighted by Crippen LogP contribution is 2.21. The summed E-state index contributed by atoms with van der Waals surface area (Å²) in [6.45, 7) is 2.71. The number of hydrogen-bond donors (Lipinski definition) is 0. The quantitative estimate of drug-likeness (QED) is 0.763. The van der Waals surface area contributed by atoms with Crippen molar-refractivity contribution >= 4 is 23.8 Å². The van der Waals surface area contributed by atoms with Crippen LogP contribution in [0.2, 0.25) is 5.15 Å². The molecule has 0 bridgehead atoms. The molecule has 2 heterocycles. The number of nitrogens with zero attached hydrogens (tertiary/aromatic N) is 3. The van der Waals surface area contributed by atoms with Crippen molar-refractivity contribution in [2.24, 2.45) is 0 Å². The van der Waals surface area contributed by atoms with Gasteiger partial charge in [-0.3, -0.25) is 4.98 Å². The van der Waals surface area contributed by atoms with Gasteiger partial charge in [-0.25, -0.2) is 4.98 Å². The molecule has 0 aromatic carbocycles. The van der Waals surface area contributed by atoms with Crippen LogP contribution in [0.5, 0.6) is 5.75 Å². The van der Waals surface area contributed by atoms with E-state index in [-0.39, 0.29) is 0 Å². The van der Waals surface area contributed by atoms with Gasteiger partial charge in [0.25, 0.3) is 0 Å².